The molecule has 1 aliphatic rings. The van der Waals surface area contributed by atoms with Crippen molar-refractivity contribution in [2.45, 2.75) is 19.4 Å². The van der Waals surface area contributed by atoms with Gasteiger partial charge in [-0.1, -0.05) is 18.2 Å². The fourth-order valence-corrected chi connectivity index (χ4v) is 4.13. The number of hydrogen-bond donors (Lipinski definition) is 5. The Morgan fingerprint density at radius 2 is 2.09 bits per heavy atom. The molecule has 0 fully saturated rings. The van der Waals surface area contributed by atoms with Crippen LogP contribution in [0.3, 0.4) is 0 Å². The van der Waals surface area contributed by atoms with Gasteiger partial charge in [0.05, 0.1) is 17.3 Å². The van der Waals surface area contributed by atoms with E-state index in [-0.39, 0.29) is 6.04 Å². The molecule has 1 aliphatic heterocycles. The SMILES string of the molecule is CN=CC(=CN)c1ccc2c(c1)C(Nc1ccc3ncccc3c1)CCN/C2=C(/C)NN. The number of aromatic nitrogens is 1. The second kappa shape index (κ2) is 9.53. The lowest BCUT2D eigenvalue weighted by molar-refractivity contribution is 0.681. The molecule has 0 spiro atoms. The highest BCUT2D eigenvalue weighted by molar-refractivity contribution is 6.09. The van der Waals surface area contributed by atoms with Crippen molar-refractivity contribution >= 4 is 34.1 Å². The number of hydrazine groups is 1. The molecule has 0 radical (unpaired) electrons. The van der Waals surface area contributed by atoms with Gasteiger partial charge in [-0.05, 0) is 54.8 Å². The molecule has 0 aliphatic carbocycles. The van der Waals surface area contributed by atoms with E-state index in [0.29, 0.717) is 0 Å². The first-order valence-corrected chi connectivity index (χ1v) is 10.7. The van der Waals surface area contributed by atoms with Gasteiger partial charge in [-0.2, -0.15) is 0 Å². The summed E-state index contributed by atoms with van der Waals surface area (Å²) in [6, 6.07) is 16.8. The van der Waals surface area contributed by atoms with Crippen LogP contribution in [0.15, 0.2) is 71.6 Å². The van der Waals surface area contributed by atoms with Crippen LogP contribution in [0.5, 0.6) is 0 Å². The van der Waals surface area contributed by atoms with Gasteiger partial charge in [0.1, 0.15) is 0 Å². The molecule has 2 aromatic carbocycles. The number of benzene rings is 2. The minimum Gasteiger partial charge on any atom is -0.404 e. The Balaban J connectivity index is 1.80. The summed E-state index contributed by atoms with van der Waals surface area (Å²) in [5, 5.41) is 8.39. The molecule has 2 heterocycles. The number of fused-ring (bicyclic) bond motifs is 2. The van der Waals surface area contributed by atoms with E-state index in [4.69, 9.17) is 11.6 Å². The molecule has 4 rings (SSSR count). The molecule has 164 valence electrons. The summed E-state index contributed by atoms with van der Waals surface area (Å²) >= 11 is 0. The predicted octanol–water partition coefficient (Wildman–Crippen LogP) is 3.53. The highest BCUT2D eigenvalue weighted by atomic mass is 15.2. The molecule has 0 amide bonds. The Morgan fingerprint density at radius 3 is 2.88 bits per heavy atom. The summed E-state index contributed by atoms with van der Waals surface area (Å²) in [5.74, 6) is 5.75. The van der Waals surface area contributed by atoms with Gasteiger partial charge in [0.15, 0.2) is 0 Å². The maximum atomic E-state index is 5.88. The van der Waals surface area contributed by atoms with Crippen molar-refractivity contribution in [3.8, 4) is 0 Å². The first kappa shape index (κ1) is 21.4. The summed E-state index contributed by atoms with van der Waals surface area (Å²) < 4.78 is 0. The summed E-state index contributed by atoms with van der Waals surface area (Å²) in [6.07, 6.45) is 6.07. The van der Waals surface area contributed by atoms with Crippen LogP contribution in [-0.4, -0.2) is 24.8 Å². The van der Waals surface area contributed by atoms with E-state index < -0.39 is 0 Å². The lowest BCUT2D eigenvalue weighted by Crippen LogP contribution is -2.25. The predicted molar refractivity (Wildman–Crippen MR) is 134 cm³/mol. The minimum atomic E-state index is 0.0900. The molecule has 0 saturated carbocycles. The lowest BCUT2D eigenvalue weighted by atomic mass is 9.92. The number of nitrogens with zero attached hydrogens (tertiary/aromatic N) is 2. The van der Waals surface area contributed by atoms with E-state index >= 15 is 0 Å². The fraction of sp³-hybridized carbons (Fsp3) is 0.200. The largest absolute Gasteiger partial charge is 0.404 e. The number of nitrogens with two attached hydrogens (primary N) is 2. The van der Waals surface area contributed by atoms with Gasteiger partial charge in [-0.3, -0.25) is 15.8 Å². The van der Waals surface area contributed by atoms with Crippen molar-refractivity contribution in [3.05, 3.63) is 83.3 Å². The quantitative estimate of drug-likeness (QED) is 0.242. The first-order valence-electron chi connectivity index (χ1n) is 10.7. The molecular weight excluding hydrogens is 398 g/mol. The van der Waals surface area contributed by atoms with E-state index in [9.17, 15) is 0 Å². The van der Waals surface area contributed by atoms with Gasteiger partial charge in [-0.15, -0.1) is 0 Å². The van der Waals surface area contributed by atoms with E-state index in [1.165, 1.54) is 5.56 Å². The number of nitrogens with one attached hydrogen (secondary N) is 3. The average molecular weight is 428 g/mol. The van der Waals surface area contributed by atoms with Gasteiger partial charge in [-0.25, -0.2) is 0 Å². The van der Waals surface area contributed by atoms with Crippen molar-refractivity contribution in [2.75, 3.05) is 18.9 Å². The first-order chi connectivity index (χ1) is 15.6. The monoisotopic (exact) mass is 427 g/mol. The molecule has 7 N–H and O–H groups in total. The number of aliphatic imine (C=N–C) groups is 1. The Morgan fingerprint density at radius 1 is 1.22 bits per heavy atom. The molecule has 7 heteroatoms. The van der Waals surface area contributed by atoms with Crippen LogP contribution < -0.4 is 27.6 Å². The molecule has 1 atom stereocenters. The zero-order chi connectivity index (χ0) is 22.5. The van der Waals surface area contributed by atoms with Crippen LogP contribution in [0.25, 0.3) is 22.2 Å². The number of hydrogen-bond acceptors (Lipinski definition) is 7. The number of allylic oxidation sites excluding steroid dienone is 2. The summed E-state index contributed by atoms with van der Waals surface area (Å²) in [7, 11) is 1.74. The summed E-state index contributed by atoms with van der Waals surface area (Å²) in [6.45, 7) is 2.78. The van der Waals surface area contributed by atoms with Gasteiger partial charge < -0.3 is 21.8 Å². The van der Waals surface area contributed by atoms with Crippen LogP contribution >= 0.6 is 0 Å². The van der Waals surface area contributed by atoms with Crippen molar-refractivity contribution < 1.29 is 0 Å². The van der Waals surface area contributed by atoms with E-state index in [2.05, 4.69) is 62.4 Å². The number of rotatable bonds is 5. The Hall–Kier alpha value is -3.84. The second-order valence-electron chi connectivity index (χ2n) is 7.78. The zero-order valence-corrected chi connectivity index (χ0v) is 18.4. The normalized spacial score (nSPS) is 18.1. The van der Waals surface area contributed by atoms with E-state index in [1.807, 2.05) is 25.3 Å². The molecule has 32 heavy (non-hydrogen) atoms. The smallest absolute Gasteiger partial charge is 0.0703 e. The maximum Gasteiger partial charge on any atom is 0.0703 e. The second-order valence-corrected chi connectivity index (χ2v) is 7.78. The average Bonchev–Trinajstić information content (AvgIpc) is 3.01. The van der Waals surface area contributed by atoms with Gasteiger partial charge >= 0.3 is 0 Å². The molecule has 3 aromatic rings. The lowest BCUT2D eigenvalue weighted by Gasteiger charge is -2.22. The van der Waals surface area contributed by atoms with E-state index in [1.54, 1.807) is 19.5 Å². The highest BCUT2D eigenvalue weighted by Crippen LogP contribution is 2.34. The van der Waals surface area contributed by atoms with Crippen LogP contribution in [0.4, 0.5) is 5.69 Å². The minimum absolute atomic E-state index is 0.0900. The van der Waals surface area contributed by atoms with Crippen molar-refractivity contribution in [3.63, 3.8) is 0 Å². The van der Waals surface area contributed by atoms with Crippen LogP contribution in [-0.2, 0) is 0 Å². The third-order valence-corrected chi connectivity index (χ3v) is 5.75. The van der Waals surface area contributed by atoms with Crippen molar-refractivity contribution in [1.29, 1.82) is 0 Å². The molecule has 0 bridgehead atoms. The van der Waals surface area contributed by atoms with E-state index in [0.717, 1.165) is 57.6 Å². The van der Waals surface area contributed by atoms with Crippen molar-refractivity contribution in [2.24, 2.45) is 16.6 Å². The fourth-order valence-electron chi connectivity index (χ4n) is 4.13. The molecule has 1 aromatic heterocycles. The molecule has 0 saturated heterocycles. The zero-order valence-electron chi connectivity index (χ0n) is 18.4. The van der Waals surface area contributed by atoms with Crippen molar-refractivity contribution in [1.82, 2.24) is 15.7 Å². The molecule has 7 nitrogen and oxygen atoms in total. The Bertz CT molecular complexity index is 1210. The number of pyridine rings is 1. The van der Waals surface area contributed by atoms with Gasteiger partial charge in [0.2, 0.25) is 0 Å². The Labute approximate surface area is 188 Å². The Kier molecular flexibility index (Phi) is 6.37. The maximum absolute atomic E-state index is 5.88. The van der Waals surface area contributed by atoms with Crippen LogP contribution in [0.1, 0.15) is 36.1 Å². The molecular formula is C25H29N7. The van der Waals surface area contributed by atoms with Crippen LogP contribution in [0, 0.1) is 0 Å². The van der Waals surface area contributed by atoms with Gasteiger partial charge in [0.25, 0.3) is 0 Å². The standard InChI is InChI=1S/C25H29N7/c1-16(32-27)25-21-7-5-17(19(14-26)15-28-2)13-22(21)24(9-11-30-25)31-20-6-8-23-18(12-20)4-3-10-29-23/h3-8,10,12-15,24,30-32H,9,11,26-27H2,1-2H3/b19-14?,25-16-,28-15?. The topological polar surface area (TPSA) is 113 Å². The summed E-state index contributed by atoms with van der Waals surface area (Å²) in [5.41, 5.74) is 16.8. The number of anilines is 1. The molecule has 1 unspecified atom stereocenters. The summed E-state index contributed by atoms with van der Waals surface area (Å²) in [4.78, 5) is 8.57. The van der Waals surface area contributed by atoms with Gasteiger partial charge in [0, 0.05) is 60.1 Å². The third-order valence-electron chi connectivity index (χ3n) is 5.75. The third kappa shape index (κ3) is 4.29. The highest BCUT2D eigenvalue weighted by Gasteiger charge is 2.23. The van der Waals surface area contributed by atoms with Crippen LogP contribution in [0.2, 0.25) is 0 Å².